The predicted molar refractivity (Wildman–Crippen MR) is 100 cm³/mol. The Kier molecular flexibility index (Phi) is 8.34. The Balaban J connectivity index is 1.87. The van der Waals surface area contributed by atoms with Crippen molar-refractivity contribution in [2.45, 2.75) is 46.3 Å². The Morgan fingerprint density at radius 3 is 2.20 bits per heavy atom. The zero-order chi connectivity index (χ0) is 18.0. The van der Waals surface area contributed by atoms with E-state index in [4.69, 9.17) is 13.3 Å². The van der Waals surface area contributed by atoms with Crippen LogP contribution in [0.5, 0.6) is 0 Å². The van der Waals surface area contributed by atoms with Crippen LogP contribution < -0.4 is 4.57 Å². The molecule has 6 heteroatoms. The van der Waals surface area contributed by atoms with Crippen molar-refractivity contribution in [2.75, 3.05) is 19.8 Å². The van der Waals surface area contributed by atoms with E-state index >= 15 is 0 Å². The van der Waals surface area contributed by atoms with E-state index in [9.17, 15) is 0 Å². The quantitative estimate of drug-likeness (QED) is 0.429. The highest BCUT2D eigenvalue weighted by atomic mass is 28.4. The van der Waals surface area contributed by atoms with E-state index < -0.39 is 8.80 Å². The molecular formula is C19H31N2O3Si+. The summed E-state index contributed by atoms with van der Waals surface area (Å²) in [7, 11) is -2.52. The van der Waals surface area contributed by atoms with Crippen LogP contribution in [0, 0.1) is 0 Å². The highest BCUT2D eigenvalue weighted by Crippen LogP contribution is 2.18. The highest BCUT2D eigenvalue weighted by Gasteiger charge is 2.39. The van der Waals surface area contributed by atoms with Crippen molar-refractivity contribution < 1.29 is 17.8 Å². The summed E-state index contributed by atoms with van der Waals surface area (Å²) >= 11 is 0. The molecule has 0 aliphatic carbocycles. The van der Waals surface area contributed by atoms with Crippen LogP contribution in [0.1, 0.15) is 32.8 Å². The van der Waals surface area contributed by atoms with E-state index in [2.05, 4.69) is 52.1 Å². The van der Waals surface area contributed by atoms with Crippen molar-refractivity contribution >= 4 is 8.80 Å². The fourth-order valence-electron chi connectivity index (χ4n) is 2.94. The Bertz CT molecular complexity index is 587. The van der Waals surface area contributed by atoms with Crippen molar-refractivity contribution in [1.29, 1.82) is 0 Å². The van der Waals surface area contributed by atoms with Gasteiger partial charge in [-0.1, -0.05) is 30.3 Å². The summed E-state index contributed by atoms with van der Waals surface area (Å²) in [4.78, 5) is 0. The molecule has 0 atom stereocenters. The molecule has 0 saturated heterocycles. The molecule has 1 aromatic carbocycles. The number of aromatic nitrogens is 2. The lowest BCUT2D eigenvalue weighted by Gasteiger charge is -2.28. The second-order valence-corrected chi connectivity index (χ2v) is 8.63. The molecule has 1 heterocycles. The maximum Gasteiger partial charge on any atom is 0.501 e. The number of aryl methyl sites for hydroxylation is 1. The minimum atomic E-state index is -2.52. The predicted octanol–water partition coefficient (Wildman–Crippen LogP) is 3.26. The molecule has 0 aliphatic heterocycles. The van der Waals surface area contributed by atoms with Gasteiger partial charge in [0.1, 0.15) is 18.9 Å². The second kappa shape index (κ2) is 10.5. The summed E-state index contributed by atoms with van der Waals surface area (Å²) in [5.74, 6) is 0. The zero-order valence-corrected chi connectivity index (χ0v) is 16.7. The zero-order valence-electron chi connectivity index (χ0n) is 15.7. The minimum Gasteiger partial charge on any atom is -0.374 e. The molecule has 0 unspecified atom stereocenters. The van der Waals surface area contributed by atoms with Gasteiger partial charge in [0.2, 0.25) is 6.33 Å². The number of benzene rings is 1. The van der Waals surface area contributed by atoms with E-state index in [0.29, 0.717) is 19.8 Å². The molecule has 0 fully saturated rings. The minimum absolute atomic E-state index is 0.632. The van der Waals surface area contributed by atoms with Crippen LogP contribution in [0.3, 0.4) is 0 Å². The largest absolute Gasteiger partial charge is 0.501 e. The van der Waals surface area contributed by atoms with E-state index in [1.165, 1.54) is 5.56 Å². The first-order valence-corrected chi connectivity index (χ1v) is 11.1. The first-order chi connectivity index (χ1) is 12.2. The number of imidazole rings is 1. The van der Waals surface area contributed by atoms with Gasteiger partial charge in [0.25, 0.3) is 0 Å². The normalized spacial score (nSPS) is 11.8. The first-order valence-electron chi connectivity index (χ1n) is 9.22. The van der Waals surface area contributed by atoms with Crippen LogP contribution in [-0.2, 0) is 26.4 Å². The van der Waals surface area contributed by atoms with Crippen molar-refractivity contribution in [3.63, 3.8) is 0 Å². The van der Waals surface area contributed by atoms with E-state index in [-0.39, 0.29) is 0 Å². The summed E-state index contributed by atoms with van der Waals surface area (Å²) in [6.45, 7) is 9.72. The number of nitrogens with zero attached hydrogens (tertiary/aromatic N) is 2. The smallest absolute Gasteiger partial charge is 0.374 e. The van der Waals surface area contributed by atoms with Crippen LogP contribution >= 0.6 is 0 Å². The van der Waals surface area contributed by atoms with Gasteiger partial charge in [-0.3, -0.25) is 0 Å². The van der Waals surface area contributed by atoms with E-state index in [0.717, 1.165) is 25.6 Å². The highest BCUT2D eigenvalue weighted by molar-refractivity contribution is 6.60. The molecule has 0 saturated carbocycles. The Labute approximate surface area is 152 Å². The third-order valence-electron chi connectivity index (χ3n) is 3.95. The molecule has 1 aromatic heterocycles. The Morgan fingerprint density at radius 1 is 0.960 bits per heavy atom. The number of hydrogen-bond donors (Lipinski definition) is 0. The molecular weight excluding hydrogens is 332 g/mol. The third kappa shape index (κ3) is 6.39. The SMILES string of the molecule is CCO[Si](CCCn1cc[n+](Cc2ccccc2)c1)(OCC)OCC. The fraction of sp³-hybridized carbons (Fsp3) is 0.526. The van der Waals surface area contributed by atoms with Gasteiger partial charge in [0.15, 0.2) is 0 Å². The lowest BCUT2D eigenvalue weighted by molar-refractivity contribution is -0.687. The number of rotatable bonds is 12. The summed E-state index contributed by atoms with van der Waals surface area (Å²) in [6, 6.07) is 11.3. The topological polar surface area (TPSA) is 36.5 Å². The van der Waals surface area contributed by atoms with Crippen LogP contribution in [0.2, 0.25) is 6.04 Å². The number of hydrogen-bond acceptors (Lipinski definition) is 3. The van der Waals surface area contributed by atoms with Gasteiger partial charge in [-0.15, -0.1) is 0 Å². The molecule has 0 radical (unpaired) electrons. The molecule has 2 rings (SSSR count). The molecule has 25 heavy (non-hydrogen) atoms. The van der Waals surface area contributed by atoms with E-state index in [1.54, 1.807) is 0 Å². The second-order valence-electron chi connectivity index (χ2n) is 5.89. The average Bonchev–Trinajstić information content (AvgIpc) is 3.04. The molecule has 2 aromatic rings. The first kappa shape index (κ1) is 19.8. The van der Waals surface area contributed by atoms with Gasteiger partial charge >= 0.3 is 8.80 Å². The van der Waals surface area contributed by atoms with Gasteiger partial charge in [0.05, 0.1) is 6.54 Å². The van der Waals surface area contributed by atoms with Gasteiger partial charge in [-0.25, -0.2) is 9.13 Å². The van der Waals surface area contributed by atoms with Crippen molar-refractivity contribution in [1.82, 2.24) is 4.57 Å². The maximum absolute atomic E-state index is 5.91. The molecule has 138 valence electrons. The Morgan fingerprint density at radius 2 is 1.60 bits per heavy atom. The average molecular weight is 364 g/mol. The molecule has 5 nitrogen and oxygen atoms in total. The van der Waals surface area contributed by atoms with Crippen LogP contribution in [0.15, 0.2) is 49.1 Å². The van der Waals surface area contributed by atoms with E-state index in [1.807, 2.05) is 26.8 Å². The molecule has 0 N–H and O–H groups in total. The Hall–Kier alpha value is -1.47. The fourth-order valence-corrected chi connectivity index (χ4v) is 5.53. The lowest BCUT2D eigenvalue weighted by atomic mass is 10.2. The molecule has 0 bridgehead atoms. The molecule has 0 amide bonds. The summed E-state index contributed by atoms with van der Waals surface area (Å²) in [5, 5.41) is 0. The van der Waals surface area contributed by atoms with Crippen molar-refractivity contribution in [3.05, 3.63) is 54.6 Å². The summed E-state index contributed by atoms with van der Waals surface area (Å²) in [6.07, 6.45) is 7.37. The van der Waals surface area contributed by atoms with Crippen LogP contribution in [0.4, 0.5) is 0 Å². The standard InChI is InChI=1S/C19H31N2O3Si/c1-4-22-25(23-5-2,24-6-3)16-10-13-20-14-15-21(18-20)17-19-11-8-7-9-12-19/h7-9,11-12,14-15,18H,4-6,10,13,16-17H2,1-3H3/q+1. The summed E-state index contributed by atoms with van der Waals surface area (Å²) in [5.41, 5.74) is 1.31. The molecule has 0 aliphatic rings. The van der Waals surface area contributed by atoms with Crippen LogP contribution in [-0.4, -0.2) is 33.2 Å². The van der Waals surface area contributed by atoms with Gasteiger partial charge in [0, 0.05) is 25.9 Å². The van der Waals surface area contributed by atoms with Gasteiger partial charge in [-0.05, 0) is 32.8 Å². The molecule has 0 spiro atoms. The van der Waals surface area contributed by atoms with Crippen LogP contribution in [0.25, 0.3) is 0 Å². The lowest BCUT2D eigenvalue weighted by Crippen LogP contribution is -2.46. The summed E-state index contributed by atoms with van der Waals surface area (Å²) < 4.78 is 22.2. The van der Waals surface area contributed by atoms with Gasteiger partial charge < -0.3 is 13.3 Å². The maximum atomic E-state index is 5.91. The van der Waals surface area contributed by atoms with Crippen molar-refractivity contribution in [3.8, 4) is 0 Å². The van der Waals surface area contributed by atoms with Crippen molar-refractivity contribution in [2.24, 2.45) is 0 Å². The third-order valence-corrected chi connectivity index (χ3v) is 7.10. The monoisotopic (exact) mass is 363 g/mol. The van der Waals surface area contributed by atoms with Gasteiger partial charge in [-0.2, -0.15) is 0 Å².